The van der Waals surface area contributed by atoms with Crippen LogP contribution in [0.1, 0.15) is 19.3 Å². The van der Waals surface area contributed by atoms with E-state index in [9.17, 15) is 4.39 Å². The Hall–Kier alpha value is -3.99. The van der Waals surface area contributed by atoms with Gasteiger partial charge in [0.2, 0.25) is 0 Å². The van der Waals surface area contributed by atoms with E-state index in [1.54, 1.807) is 18.2 Å². The Morgan fingerprint density at radius 2 is 1.62 bits per heavy atom. The van der Waals surface area contributed by atoms with Gasteiger partial charge >= 0.3 is 0 Å². The van der Waals surface area contributed by atoms with E-state index in [2.05, 4.69) is 51.3 Å². The quantitative estimate of drug-likeness (QED) is 0.313. The van der Waals surface area contributed by atoms with Crippen LogP contribution in [0.2, 0.25) is 0 Å². The lowest BCUT2D eigenvalue weighted by Gasteiger charge is -2.27. The number of halogens is 1. The summed E-state index contributed by atoms with van der Waals surface area (Å²) in [4.78, 5) is 9.37. The third-order valence-corrected chi connectivity index (χ3v) is 6.74. The van der Waals surface area contributed by atoms with Crippen molar-refractivity contribution in [3.8, 4) is 33.8 Å². The zero-order valence-corrected chi connectivity index (χ0v) is 19.0. The number of nitrogens with one attached hydrogen (secondary N) is 1. The van der Waals surface area contributed by atoms with Crippen LogP contribution < -0.4 is 5.32 Å². The summed E-state index contributed by atoms with van der Waals surface area (Å²) in [6.07, 6.45) is 5.61. The maximum Gasteiger partial charge on any atom is 0.164 e. The van der Waals surface area contributed by atoms with Gasteiger partial charge < -0.3 is 9.88 Å². The van der Waals surface area contributed by atoms with Crippen LogP contribution in [0.25, 0.3) is 44.8 Å². The molecule has 34 heavy (non-hydrogen) atoms. The normalized spacial score (nSPS) is 13.7. The van der Waals surface area contributed by atoms with Gasteiger partial charge in [-0.15, -0.1) is 0 Å². The van der Waals surface area contributed by atoms with Crippen molar-refractivity contribution in [1.82, 2.24) is 14.5 Å². The molecule has 168 valence electrons. The molecule has 6 rings (SSSR count). The van der Waals surface area contributed by atoms with Crippen molar-refractivity contribution in [2.24, 2.45) is 7.05 Å². The highest BCUT2D eigenvalue weighted by Gasteiger charge is 2.21. The van der Waals surface area contributed by atoms with E-state index in [4.69, 9.17) is 4.98 Å². The first-order valence-corrected chi connectivity index (χ1v) is 11.7. The molecule has 0 aliphatic heterocycles. The summed E-state index contributed by atoms with van der Waals surface area (Å²) in [6.45, 7) is 0. The first kappa shape index (κ1) is 20.6. The Labute approximate surface area is 198 Å². The topological polar surface area (TPSA) is 42.7 Å². The van der Waals surface area contributed by atoms with Crippen molar-refractivity contribution in [3.05, 3.63) is 90.9 Å². The Kier molecular flexibility index (Phi) is 5.10. The minimum Gasteiger partial charge on any atom is -0.382 e. The summed E-state index contributed by atoms with van der Waals surface area (Å²) in [6, 6.07) is 26.2. The molecule has 3 aromatic carbocycles. The molecule has 0 amide bonds. The van der Waals surface area contributed by atoms with Crippen molar-refractivity contribution in [2.75, 3.05) is 5.32 Å². The molecule has 1 fully saturated rings. The number of fused-ring (bicyclic) bond motifs is 1. The van der Waals surface area contributed by atoms with Crippen molar-refractivity contribution in [2.45, 2.75) is 25.3 Å². The summed E-state index contributed by atoms with van der Waals surface area (Å²) in [5.41, 5.74) is 6.68. The lowest BCUT2D eigenvalue weighted by atomic mass is 9.93. The Balaban J connectivity index is 1.52. The summed E-state index contributed by atoms with van der Waals surface area (Å²) in [5, 5.41) is 4.56. The van der Waals surface area contributed by atoms with E-state index < -0.39 is 0 Å². The van der Waals surface area contributed by atoms with Crippen molar-refractivity contribution < 1.29 is 4.39 Å². The number of rotatable bonds is 5. The lowest BCUT2D eigenvalue weighted by molar-refractivity contribution is 0.445. The van der Waals surface area contributed by atoms with Gasteiger partial charge in [0.05, 0.1) is 11.3 Å². The smallest absolute Gasteiger partial charge is 0.164 e. The molecule has 2 heterocycles. The summed E-state index contributed by atoms with van der Waals surface area (Å²) in [7, 11) is 2.02. The van der Waals surface area contributed by atoms with E-state index in [1.807, 2.05) is 31.4 Å². The van der Waals surface area contributed by atoms with Gasteiger partial charge in [0.15, 0.2) is 5.82 Å². The predicted molar refractivity (Wildman–Crippen MR) is 136 cm³/mol. The molecule has 0 bridgehead atoms. The van der Waals surface area contributed by atoms with Crippen LogP contribution in [0.4, 0.5) is 10.1 Å². The molecule has 0 spiro atoms. The highest BCUT2D eigenvalue weighted by atomic mass is 19.1. The highest BCUT2D eigenvalue weighted by Crippen LogP contribution is 2.40. The minimum atomic E-state index is -0.325. The van der Waals surface area contributed by atoms with Crippen LogP contribution in [0.3, 0.4) is 0 Å². The van der Waals surface area contributed by atoms with Gasteiger partial charge in [-0.1, -0.05) is 54.6 Å². The van der Waals surface area contributed by atoms with Gasteiger partial charge in [0.1, 0.15) is 11.5 Å². The third-order valence-electron chi connectivity index (χ3n) is 6.74. The molecule has 1 saturated carbocycles. The van der Waals surface area contributed by atoms with E-state index in [1.165, 1.54) is 25.3 Å². The molecule has 1 aliphatic carbocycles. The molecule has 4 nitrogen and oxygen atoms in total. The molecule has 0 radical (unpaired) electrons. The van der Waals surface area contributed by atoms with Crippen LogP contribution in [0.5, 0.6) is 0 Å². The van der Waals surface area contributed by atoms with E-state index in [-0.39, 0.29) is 5.82 Å². The van der Waals surface area contributed by atoms with Gasteiger partial charge in [0, 0.05) is 35.9 Å². The Morgan fingerprint density at radius 3 is 2.32 bits per heavy atom. The Bertz CT molecular complexity index is 1470. The number of aryl methyl sites for hydroxylation is 1. The molecule has 0 saturated heterocycles. The minimum absolute atomic E-state index is 0.325. The standard InChI is InChI=1S/C29H25FN4/c1-34-27(20-14-16-22(17-15-20)32-21-10-7-11-21)26(19-8-3-2-4-9-19)24-18-31-28(33-29(24)34)23-12-5-6-13-25(23)30/h2-6,8-9,12-18,21,32H,7,10-11H2,1H3. The lowest BCUT2D eigenvalue weighted by Crippen LogP contribution is -2.26. The Morgan fingerprint density at radius 1 is 0.882 bits per heavy atom. The van der Waals surface area contributed by atoms with Crippen LogP contribution in [0, 0.1) is 5.82 Å². The van der Waals surface area contributed by atoms with E-state index in [0.29, 0.717) is 17.4 Å². The maximum absolute atomic E-state index is 14.5. The average Bonchev–Trinajstić information content (AvgIpc) is 3.14. The van der Waals surface area contributed by atoms with Crippen molar-refractivity contribution in [3.63, 3.8) is 0 Å². The third kappa shape index (κ3) is 3.54. The van der Waals surface area contributed by atoms with Crippen molar-refractivity contribution in [1.29, 1.82) is 0 Å². The molecule has 0 atom stereocenters. The molecule has 1 aliphatic rings. The molecule has 5 aromatic rings. The second kappa shape index (κ2) is 8.41. The van der Waals surface area contributed by atoms with Gasteiger partial charge in [-0.25, -0.2) is 14.4 Å². The largest absolute Gasteiger partial charge is 0.382 e. The molecular formula is C29H25FN4. The number of aromatic nitrogens is 3. The maximum atomic E-state index is 14.5. The average molecular weight is 449 g/mol. The SMILES string of the molecule is Cn1c(-c2ccc(NC3CCC3)cc2)c(-c2ccccc2)c2cnc(-c3ccccc3F)nc21. The fraction of sp³-hybridized carbons (Fsp3) is 0.172. The second-order valence-corrected chi connectivity index (χ2v) is 8.91. The molecular weight excluding hydrogens is 423 g/mol. The number of hydrogen-bond donors (Lipinski definition) is 1. The van der Waals surface area contributed by atoms with Gasteiger partial charge in [-0.2, -0.15) is 0 Å². The number of nitrogens with zero attached hydrogens (tertiary/aromatic N) is 3. The molecule has 1 N–H and O–H groups in total. The van der Waals surface area contributed by atoms with Crippen LogP contribution in [0.15, 0.2) is 85.1 Å². The predicted octanol–water partition coefficient (Wildman–Crippen LogP) is 7.07. The zero-order chi connectivity index (χ0) is 23.1. The monoisotopic (exact) mass is 448 g/mol. The summed E-state index contributed by atoms with van der Waals surface area (Å²) < 4.78 is 16.6. The van der Waals surface area contributed by atoms with Gasteiger partial charge in [-0.05, 0) is 54.7 Å². The summed E-state index contributed by atoms with van der Waals surface area (Å²) in [5.74, 6) is 0.0616. The number of hydrogen-bond acceptors (Lipinski definition) is 3. The van der Waals surface area contributed by atoms with E-state index >= 15 is 0 Å². The second-order valence-electron chi connectivity index (χ2n) is 8.91. The van der Waals surface area contributed by atoms with Crippen LogP contribution in [-0.2, 0) is 7.05 Å². The number of benzene rings is 3. The zero-order valence-electron chi connectivity index (χ0n) is 19.0. The number of anilines is 1. The van der Waals surface area contributed by atoms with Crippen LogP contribution >= 0.6 is 0 Å². The molecule has 5 heteroatoms. The first-order chi connectivity index (χ1) is 16.7. The van der Waals surface area contributed by atoms with Gasteiger partial charge in [0.25, 0.3) is 0 Å². The van der Waals surface area contributed by atoms with Crippen LogP contribution in [-0.4, -0.2) is 20.6 Å². The fourth-order valence-corrected chi connectivity index (χ4v) is 4.73. The highest BCUT2D eigenvalue weighted by molar-refractivity contribution is 6.03. The first-order valence-electron chi connectivity index (χ1n) is 11.7. The molecule has 2 aromatic heterocycles. The fourth-order valence-electron chi connectivity index (χ4n) is 4.73. The van der Waals surface area contributed by atoms with Gasteiger partial charge in [-0.3, -0.25) is 0 Å². The van der Waals surface area contributed by atoms with E-state index in [0.717, 1.165) is 39.1 Å². The molecule has 0 unspecified atom stereocenters. The summed E-state index contributed by atoms with van der Waals surface area (Å²) >= 11 is 0. The van der Waals surface area contributed by atoms with Crippen molar-refractivity contribution >= 4 is 16.7 Å².